The Labute approximate surface area is 95.6 Å². The quantitative estimate of drug-likeness (QED) is 0.851. The summed E-state index contributed by atoms with van der Waals surface area (Å²) < 4.78 is 0. The van der Waals surface area contributed by atoms with E-state index in [4.69, 9.17) is 0 Å². The minimum absolute atomic E-state index is 0.791. The van der Waals surface area contributed by atoms with Gasteiger partial charge in [0.1, 0.15) is 5.82 Å². The number of anilines is 1. The molecule has 82 valence electrons. The first-order valence-corrected chi connectivity index (χ1v) is 5.42. The molecule has 1 N–H and O–H groups in total. The van der Waals surface area contributed by atoms with Gasteiger partial charge in [-0.05, 0) is 18.1 Å². The molecular formula is C13H15N3. The maximum absolute atomic E-state index is 4.46. The summed E-state index contributed by atoms with van der Waals surface area (Å²) in [6.07, 6.45) is 4.54. The molecule has 0 atom stereocenters. The molecule has 1 heterocycles. The van der Waals surface area contributed by atoms with E-state index in [1.807, 2.05) is 7.05 Å². The van der Waals surface area contributed by atoms with Crippen LogP contribution < -0.4 is 5.32 Å². The molecule has 0 spiro atoms. The van der Waals surface area contributed by atoms with Crippen LogP contribution in [0.3, 0.4) is 0 Å². The summed E-state index contributed by atoms with van der Waals surface area (Å²) in [7, 11) is 1.84. The van der Waals surface area contributed by atoms with Crippen molar-refractivity contribution in [3.63, 3.8) is 0 Å². The third-order valence-corrected chi connectivity index (χ3v) is 2.52. The van der Waals surface area contributed by atoms with Crippen LogP contribution in [0.1, 0.15) is 12.5 Å². The first kappa shape index (κ1) is 10.6. The largest absolute Gasteiger partial charge is 0.372 e. The number of aromatic nitrogens is 2. The van der Waals surface area contributed by atoms with E-state index in [0.29, 0.717) is 0 Å². The number of aryl methyl sites for hydroxylation is 1. The molecule has 0 saturated carbocycles. The molecule has 2 aromatic rings. The molecule has 0 aliphatic carbocycles. The van der Waals surface area contributed by atoms with Crippen molar-refractivity contribution in [3.05, 3.63) is 42.2 Å². The van der Waals surface area contributed by atoms with Gasteiger partial charge in [0.2, 0.25) is 0 Å². The Kier molecular flexibility index (Phi) is 3.15. The summed E-state index contributed by atoms with van der Waals surface area (Å²) in [6, 6.07) is 8.40. The van der Waals surface area contributed by atoms with Gasteiger partial charge in [-0.15, -0.1) is 0 Å². The van der Waals surface area contributed by atoms with Gasteiger partial charge in [0.25, 0.3) is 0 Å². The van der Waals surface area contributed by atoms with E-state index in [0.717, 1.165) is 23.5 Å². The topological polar surface area (TPSA) is 37.8 Å². The second kappa shape index (κ2) is 4.75. The van der Waals surface area contributed by atoms with Gasteiger partial charge < -0.3 is 5.32 Å². The summed E-state index contributed by atoms with van der Waals surface area (Å²) in [4.78, 5) is 8.63. The minimum atomic E-state index is 0.791. The lowest BCUT2D eigenvalue weighted by molar-refractivity contribution is 1.13. The fourth-order valence-electron chi connectivity index (χ4n) is 1.58. The van der Waals surface area contributed by atoms with Crippen LogP contribution in [0.2, 0.25) is 0 Å². The summed E-state index contributed by atoms with van der Waals surface area (Å²) in [5.41, 5.74) is 3.33. The Morgan fingerprint density at radius 2 is 2.12 bits per heavy atom. The van der Waals surface area contributed by atoms with Crippen molar-refractivity contribution in [2.45, 2.75) is 13.3 Å². The van der Waals surface area contributed by atoms with Gasteiger partial charge in [-0.3, -0.25) is 4.98 Å². The van der Waals surface area contributed by atoms with Crippen LogP contribution in [0.4, 0.5) is 5.82 Å². The number of rotatable bonds is 3. The highest BCUT2D eigenvalue weighted by molar-refractivity contribution is 5.60. The van der Waals surface area contributed by atoms with E-state index in [9.17, 15) is 0 Å². The standard InChI is InChI=1S/C13H15N3/c1-3-10-5-4-6-11(7-10)12-8-15-9-13(14-2)16-12/h4-9H,3H2,1-2H3,(H,14,16). The van der Waals surface area contributed by atoms with Crippen LogP contribution in [0.15, 0.2) is 36.7 Å². The normalized spacial score (nSPS) is 10.1. The zero-order chi connectivity index (χ0) is 11.4. The van der Waals surface area contributed by atoms with E-state index in [2.05, 4.69) is 46.5 Å². The Morgan fingerprint density at radius 1 is 1.25 bits per heavy atom. The van der Waals surface area contributed by atoms with Crippen LogP contribution in [0.5, 0.6) is 0 Å². The fourth-order valence-corrected chi connectivity index (χ4v) is 1.58. The van der Waals surface area contributed by atoms with Crippen molar-refractivity contribution in [3.8, 4) is 11.3 Å². The number of nitrogens with one attached hydrogen (secondary N) is 1. The lowest BCUT2D eigenvalue weighted by Gasteiger charge is -2.04. The van der Waals surface area contributed by atoms with E-state index in [1.165, 1.54) is 5.56 Å². The second-order valence-corrected chi connectivity index (χ2v) is 3.59. The zero-order valence-electron chi connectivity index (χ0n) is 9.57. The lowest BCUT2D eigenvalue weighted by atomic mass is 10.1. The molecule has 0 bridgehead atoms. The Hall–Kier alpha value is -1.90. The van der Waals surface area contributed by atoms with Crippen LogP contribution in [0, 0.1) is 0 Å². The average molecular weight is 213 g/mol. The van der Waals surface area contributed by atoms with Crippen molar-refractivity contribution in [1.82, 2.24) is 9.97 Å². The molecule has 0 radical (unpaired) electrons. The van der Waals surface area contributed by atoms with E-state index < -0.39 is 0 Å². The summed E-state index contributed by atoms with van der Waals surface area (Å²) in [5.74, 6) is 0.791. The third-order valence-electron chi connectivity index (χ3n) is 2.52. The highest BCUT2D eigenvalue weighted by atomic mass is 15.0. The van der Waals surface area contributed by atoms with Crippen molar-refractivity contribution < 1.29 is 0 Å². The van der Waals surface area contributed by atoms with Gasteiger partial charge in [-0.1, -0.05) is 25.1 Å². The van der Waals surface area contributed by atoms with Crippen LogP contribution in [-0.4, -0.2) is 17.0 Å². The fraction of sp³-hybridized carbons (Fsp3) is 0.231. The molecule has 1 aromatic carbocycles. The molecule has 0 aliphatic heterocycles. The highest BCUT2D eigenvalue weighted by Gasteiger charge is 2.01. The third kappa shape index (κ3) is 2.19. The van der Waals surface area contributed by atoms with Crippen LogP contribution >= 0.6 is 0 Å². The first-order valence-electron chi connectivity index (χ1n) is 5.42. The lowest BCUT2D eigenvalue weighted by Crippen LogP contribution is -1.95. The van der Waals surface area contributed by atoms with E-state index in [-0.39, 0.29) is 0 Å². The smallest absolute Gasteiger partial charge is 0.144 e. The summed E-state index contributed by atoms with van der Waals surface area (Å²) in [6.45, 7) is 2.15. The van der Waals surface area contributed by atoms with E-state index in [1.54, 1.807) is 12.4 Å². The van der Waals surface area contributed by atoms with Crippen LogP contribution in [-0.2, 0) is 6.42 Å². The molecule has 1 aromatic heterocycles. The van der Waals surface area contributed by atoms with Gasteiger partial charge in [0.05, 0.1) is 18.1 Å². The average Bonchev–Trinajstić information content (AvgIpc) is 2.39. The molecular weight excluding hydrogens is 198 g/mol. The molecule has 0 unspecified atom stereocenters. The Morgan fingerprint density at radius 3 is 2.88 bits per heavy atom. The zero-order valence-corrected chi connectivity index (χ0v) is 9.57. The predicted molar refractivity (Wildman–Crippen MR) is 66.4 cm³/mol. The monoisotopic (exact) mass is 213 g/mol. The maximum atomic E-state index is 4.46. The molecule has 0 aliphatic rings. The van der Waals surface area contributed by atoms with Crippen molar-refractivity contribution >= 4 is 5.82 Å². The number of hydrogen-bond donors (Lipinski definition) is 1. The second-order valence-electron chi connectivity index (χ2n) is 3.59. The van der Waals surface area contributed by atoms with Gasteiger partial charge in [-0.25, -0.2) is 4.98 Å². The van der Waals surface area contributed by atoms with Crippen molar-refractivity contribution in [2.75, 3.05) is 12.4 Å². The summed E-state index contributed by atoms with van der Waals surface area (Å²) >= 11 is 0. The number of benzene rings is 1. The predicted octanol–water partition coefficient (Wildman–Crippen LogP) is 2.75. The Balaban J connectivity index is 2.41. The number of hydrogen-bond acceptors (Lipinski definition) is 3. The molecule has 16 heavy (non-hydrogen) atoms. The minimum Gasteiger partial charge on any atom is -0.372 e. The summed E-state index contributed by atoms with van der Waals surface area (Å²) in [5, 5.41) is 2.99. The van der Waals surface area contributed by atoms with Crippen molar-refractivity contribution in [2.24, 2.45) is 0 Å². The van der Waals surface area contributed by atoms with Crippen LogP contribution in [0.25, 0.3) is 11.3 Å². The molecule has 0 amide bonds. The van der Waals surface area contributed by atoms with Gasteiger partial charge >= 0.3 is 0 Å². The van der Waals surface area contributed by atoms with Crippen molar-refractivity contribution in [1.29, 1.82) is 0 Å². The Bertz CT molecular complexity index is 435. The molecule has 3 heteroatoms. The molecule has 0 fully saturated rings. The SMILES string of the molecule is CCc1cccc(-c2cncc(NC)n2)c1. The molecule has 0 saturated heterocycles. The number of nitrogens with zero attached hydrogens (tertiary/aromatic N) is 2. The molecule has 2 rings (SSSR count). The molecule has 3 nitrogen and oxygen atoms in total. The first-order chi connectivity index (χ1) is 7.83. The van der Waals surface area contributed by atoms with E-state index >= 15 is 0 Å². The highest BCUT2D eigenvalue weighted by Crippen LogP contribution is 2.18. The van der Waals surface area contributed by atoms with Gasteiger partial charge in [-0.2, -0.15) is 0 Å². The van der Waals surface area contributed by atoms with Gasteiger partial charge in [0.15, 0.2) is 0 Å². The maximum Gasteiger partial charge on any atom is 0.144 e. The van der Waals surface area contributed by atoms with Gasteiger partial charge in [0, 0.05) is 12.6 Å².